The standard InChI is InChI=1S/C31H28/c1-19-10-8-15-26-28(19)24-17-16-20(18-27(24)30(26,2)3)21-12-9-13-23-22-11-6-7-14-25(22)31(4,5)29(21)23/h6-18H,1-5H3. The first-order valence-electron chi connectivity index (χ1n) is 11.3. The molecule has 0 saturated carbocycles. The van der Waals surface area contributed by atoms with E-state index in [0.29, 0.717) is 0 Å². The SMILES string of the molecule is Cc1cccc2c1-c1ccc(-c3cccc4c3C(C)(C)c3ccccc3-4)cc1C2(C)C. The molecule has 0 nitrogen and oxygen atoms in total. The minimum Gasteiger partial charge on any atom is -0.0619 e. The highest BCUT2D eigenvalue weighted by atomic mass is 14.4. The molecule has 0 aliphatic heterocycles. The molecule has 0 atom stereocenters. The maximum Gasteiger partial charge on any atom is 0.0165 e. The van der Waals surface area contributed by atoms with E-state index in [-0.39, 0.29) is 10.8 Å². The molecule has 4 aromatic carbocycles. The van der Waals surface area contributed by atoms with Crippen LogP contribution in [0.1, 0.15) is 55.5 Å². The molecular formula is C31H28. The van der Waals surface area contributed by atoms with Gasteiger partial charge in [0.15, 0.2) is 0 Å². The van der Waals surface area contributed by atoms with E-state index in [0.717, 1.165) is 0 Å². The van der Waals surface area contributed by atoms with Crippen LogP contribution in [-0.2, 0) is 10.8 Å². The van der Waals surface area contributed by atoms with Gasteiger partial charge in [-0.2, -0.15) is 0 Å². The first-order chi connectivity index (χ1) is 14.8. The number of benzene rings is 4. The quantitative estimate of drug-likeness (QED) is 0.301. The van der Waals surface area contributed by atoms with Gasteiger partial charge in [0.25, 0.3) is 0 Å². The van der Waals surface area contributed by atoms with Gasteiger partial charge >= 0.3 is 0 Å². The van der Waals surface area contributed by atoms with Crippen molar-refractivity contribution in [3.63, 3.8) is 0 Å². The van der Waals surface area contributed by atoms with Gasteiger partial charge in [0.1, 0.15) is 0 Å². The Morgan fingerprint density at radius 1 is 0.516 bits per heavy atom. The van der Waals surface area contributed by atoms with E-state index in [1.165, 1.54) is 61.2 Å². The van der Waals surface area contributed by atoms with Crippen molar-refractivity contribution in [2.75, 3.05) is 0 Å². The highest BCUT2D eigenvalue weighted by Gasteiger charge is 2.39. The molecule has 2 aliphatic carbocycles. The Bertz CT molecular complexity index is 1380. The Balaban J connectivity index is 1.59. The van der Waals surface area contributed by atoms with Crippen molar-refractivity contribution >= 4 is 0 Å². The number of fused-ring (bicyclic) bond motifs is 6. The molecule has 4 aromatic rings. The molecule has 0 saturated heterocycles. The van der Waals surface area contributed by atoms with Crippen LogP contribution in [0.2, 0.25) is 0 Å². The third kappa shape index (κ3) is 2.31. The molecule has 31 heavy (non-hydrogen) atoms. The van der Waals surface area contributed by atoms with E-state index in [1.54, 1.807) is 0 Å². The summed E-state index contributed by atoms with van der Waals surface area (Å²) in [4.78, 5) is 0. The van der Waals surface area contributed by atoms with Crippen LogP contribution in [0.25, 0.3) is 33.4 Å². The molecular weight excluding hydrogens is 372 g/mol. The Morgan fingerprint density at radius 2 is 1.19 bits per heavy atom. The molecule has 0 radical (unpaired) electrons. The average molecular weight is 401 g/mol. The monoisotopic (exact) mass is 400 g/mol. The number of hydrogen-bond donors (Lipinski definition) is 0. The number of aryl methyl sites for hydroxylation is 1. The summed E-state index contributed by atoms with van der Waals surface area (Å²) in [6.45, 7) is 11.7. The summed E-state index contributed by atoms with van der Waals surface area (Å²) in [5.41, 5.74) is 15.5. The van der Waals surface area contributed by atoms with E-state index in [2.05, 4.69) is 113 Å². The fourth-order valence-corrected chi connectivity index (χ4v) is 6.23. The van der Waals surface area contributed by atoms with Gasteiger partial charge in [0.05, 0.1) is 0 Å². The van der Waals surface area contributed by atoms with Crippen LogP contribution >= 0.6 is 0 Å². The summed E-state index contributed by atoms with van der Waals surface area (Å²) in [6.07, 6.45) is 0. The summed E-state index contributed by atoms with van der Waals surface area (Å²) in [7, 11) is 0. The van der Waals surface area contributed by atoms with Gasteiger partial charge in [-0.3, -0.25) is 0 Å². The van der Waals surface area contributed by atoms with Crippen LogP contribution < -0.4 is 0 Å². The summed E-state index contributed by atoms with van der Waals surface area (Å²) in [5, 5.41) is 0. The fraction of sp³-hybridized carbons (Fsp3) is 0.226. The van der Waals surface area contributed by atoms with Gasteiger partial charge in [0, 0.05) is 10.8 Å². The highest BCUT2D eigenvalue weighted by molar-refractivity contribution is 5.90. The van der Waals surface area contributed by atoms with Gasteiger partial charge < -0.3 is 0 Å². The van der Waals surface area contributed by atoms with Crippen molar-refractivity contribution in [1.29, 1.82) is 0 Å². The summed E-state index contributed by atoms with van der Waals surface area (Å²) in [6, 6.07) is 29.6. The molecule has 0 N–H and O–H groups in total. The van der Waals surface area contributed by atoms with Gasteiger partial charge in [-0.05, 0) is 74.2 Å². The largest absolute Gasteiger partial charge is 0.0619 e. The van der Waals surface area contributed by atoms with Crippen LogP contribution in [0.15, 0.2) is 78.9 Å². The predicted octanol–water partition coefficient (Wildman–Crippen LogP) is 8.27. The van der Waals surface area contributed by atoms with Crippen LogP contribution in [0.3, 0.4) is 0 Å². The second kappa shape index (κ2) is 5.98. The lowest BCUT2D eigenvalue weighted by atomic mass is 9.77. The maximum absolute atomic E-state index is 2.46. The van der Waals surface area contributed by atoms with Crippen molar-refractivity contribution in [2.45, 2.75) is 45.4 Å². The first kappa shape index (κ1) is 18.6. The minimum absolute atomic E-state index is 0.00337. The highest BCUT2D eigenvalue weighted by Crippen LogP contribution is 2.54. The number of hydrogen-bond acceptors (Lipinski definition) is 0. The average Bonchev–Trinajstić information content (AvgIpc) is 3.15. The molecule has 6 rings (SSSR count). The lowest BCUT2D eigenvalue weighted by molar-refractivity contribution is 0.658. The van der Waals surface area contributed by atoms with Crippen LogP contribution in [0.4, 0.5) is 0 Å². The molecule has 0 amide bonds. The molecule has 0 unspecified atom stereocenters. The zero-order chi connectivity index (χ0) is 21.5. The second-order valence-corrected chi connectivity index (χ2v) is 10.3. The predicted molar refractivity (Wildman–Crippen MR) is 132 cm³/mol. The molecule has 0 fully saturated rings. The van der Waals surface area contributed by atoms with Crippen LogP contribution in [0, 0.1) is 6.92 Å². The first-order valence-corrected chi connectivity index (χ1v) is 11.3. The molecule has 0 heteroatoms. The molecule has 152 valence electrons. The van der Waals surface area contributed by atoms with Gasteiger partial charge in [-0.25, -0.2) is 0 Å². The maximum atomic E-state index is 2.46. The van der Waals surface area contributed by atoms with Crippen LogP contribution in [-0.4, -0.2) is 0 Å². The normalized spacial score (nSPS) is 16.4. The topological polar surface area (TPSA) is 0 Å². The van der Waals surface area contributed by atoms with Crippen molar-refractivity contribution in [1.82, 2.24) is 0 Å². The smallest absolute Gasteiger partial charge is 0.0165 e. The molecule has 0 heterocycles. The summed E-state index contributed by atoms with van der Waals surface area (Å²) in [5.74, 6) is 0. The van der Waals surface area contributed by atoms with Crippen molar-refractivity contribution in [3.8, 4) is 33.4 Å². The van der Waals surface area contributed by atoms with E-state index < -0.39 is 0 Å². The minimum atomic E-state index is -0.00337. The van der Waals surface area contributed by atoms with Gasteiger partial charge in [-0.1, -0.05) is 100 Å². The van der Waals surface area contributed by atoms with Gasteiger partial charge in [-0.15, -0.1) is 0 Å². The van der Waals surface area contributed by atoms with Gasteiger partial charge in [0.2, 0.25) is 0 Å². The molecule has 0 aromatic heterocycles. The van der Waals surface area contributed by atoms with Crippen molar-refractivity contribution < 1.29 is 0 Å². The van der Waals surface area contributed by atoms with Crippen LogP contribution in [0.5, 0.6) is 0 Å². The summed E-state index contributed by atoms with van der Waals surface area (Å²) >= 11 is 0. The third-order valence-corrected chi connectivity index (χ3v) is 7.80. The fourth-order valence-electron chi connectivity index (χ4n) is 6.23. The van der Waals surface area contributed by atoms with E-state index >= 15 is 0 Å². The lowest BCUT2D eigenvalue weighted by Gasteiger charge is -2.26. The van der Waals surface area contributed by atoms with Crippen molar-refractivity contribution in [2.24, 2.45) is 0 Å². The Hall–Kier alpha value is -3.12. The Labute approximate surface area is 185 Å². The molecule has 0 spiro atoms. The van der Waals surface area contributed by atoms with E-state index in [9.17, 15) is 0 Å². The Kier molecular flexibility index (Phi) is 3.59. The zero-order valence-corrected chi connectivity index (χ0v) is 19.0. The van der Waals surface area contributed by atoms with E-state index in [4.69, 9.17) is 0 Å². The number of rotatable bonds is 1. The molecule has 2 aliphatic rings. The lowest BCUT2D eigenvalue weighted by Crippen LogP contribution is -2.17. The second-order valence-electron chi connectivity index (χ2n) is 10.3. The summed E-state index contributed by atoms with van der Waals surface area (Å²) < 4.78 is 0. The Morgan fingerprint density at radius 3 is 2.03 bits per heavy atom. The van der Waals surface area contributed by atoms with E-state index in [1.807, 2.05) is 0 Å². The molecule has 0 bridgehead atoms. The van der Waals surface area contributed by atoms with Crippen molar-refractivity contribution in [3.05, 3.63) is 107 Å². The third-order valence-electron chi connectivity index (χ3n) is 7.80. The zero-order valence-electron chi connectivity index (χ0n) is 19.0.